The molecule has 0 saturated carbocycles. The molecule has 2 aromatic rings. The molecule has 3 heteroatoms. The predicted octanol–water partition coefficient (Wildman–Crippen LogP) is 6.84. The van der Waals surface area contributed by atoms with Crippen molar-refractivity contribution in [3.63, 3.8) is 0 Å². The summed E-state index contributed by atoms with van der Waals surface area (Å²) >= 11 is 0. The Labute approximate surface area is 190 Å². The van der Waals surface area contributed by atoms with Crippen molar-refractivity contribution in [3.8, 4) is 0 Å². The molecule has 31 heavy (non-hydrogen) atoms. The Morgan fingerprint density at radius 3 is 2.19 bits per heavy atom. The fraction of sp³-hybridized carbons (Fsp3) is 0.607. The second-order valence-corrected chi connectivity index (χ2v) is 9.74. The standard InChI is InChI=1S/C28H44N2O/c1-4-5-6-7-8-9-10-11-12-21-28(31)29-22-16-23-30(2,3)24-26-19-15-18-25-17-13-14-20-27(25)26/h13-15,17-20H,4-12,16,21-24H2,1-3H3/p+1. The van der Waals surface area contributed by atoms with Gasteiger partial charge in [0.05, 0.1) is 20.6 Å². The number of nitrogens with one attached hydrogen (secondary N) is 1. The van der Waals surface area contributed by atoms with E-state index in [4.69, 9.17) is 0 Å². The van der Waals surface area contributed by atoms with Gasteiger partial charge in [-0.2, -0.15) is 0 Å². The highest BCUT2D eigenvalue weighted by Crippen LogP contribution is 2.21. The van der Waals surface area contributed by atoms with Gasteiger partial charge in [0.1, 0.15) is 6.54 Å². The van der Waals surface area contributed by atoms with E-state index in [1.54, 1.807) is 0 Å². The Morgan fingerprint density at radius 2 is 1.45 bits per heavy atom. The summed E-state index contributed by atoms with van der Waals surface area (Å²) in [5.41, 5.74) is 1.40. The molecule has 2 aromatic carbocycles. The molecule has 0 aliphatic rings. The molecule has 0 spiro atoms. The van der Waals surface area contributed by atoms with Crippen molar-refractivity contribution in [2.24, 2.45) is 0 Å². The van der Waals surface area contributed by atoms with E-state index in [1.807, 2.05) is 0 Å². The second kappa shape index (κ2) is 14.2. The van der Waals surface area contributed by atoms with Gasteiger partial charge in [-0.15, -0.1) is 0 Å². The van der Waals surface area contributed by atoms with E-state index in [2.05, 4.69) is 68.8 Å². The van der Waals surface area contributed by atoms with Gasteiger partial charge in [0.25, 0.3) is 0 Å². The highest BCUT2D eigenvalue weighted by Gasteiger charge is 2.17. The molecule has 1 amide bonds. The monoisotopic (exact) mass is 425 g/mol. The Kier molecular flexibility index (Phi) is 11.7. The fourth-order valence-electron chi connectivity index (χ4n) is 4.39. The minimum Gasteiger partial charge on any atom is -0.356 e. The SMILES string of the molecule is CCCCCCCCCCCC(=O)NCCC[N+](C)(C)Cc1cccc2ccccc12. The zero-order valence-corrected chi connectivity index (χ0v) is 20.3. The number of rotatable bonds is 16. The van der Waals surface area contributed by atoms with Crippen LogP contribution in [0.3, 0.4) is 0 Å². The van der Waals surface area contributed by atoms with Crippen LogP contribution in [0.1, 0.15) is 83.1 Å². The van der Waals surface area contributed by atoms with Crippen molar-refractivity contribution in [1.82, 2.24) is 5.32 Å². The van der Waals surface area contributed by atoms with Gasteiger partial charge < -0.3 is 9.80 Å². The third-order valence-electron chi connectivity index (χ3n) is 6.25. The van der Waals surface area contributed by atoms with Crippen LogP contribution in [0.15, 0.2) is 42.5 Å². The average Bonchev–Trinajstić information content (AvgIpc) is 2.76. The van der Waals surface area contributed by atoms with Gasteiger partial charge in [-0.25, -0.2) is 0 Å². The Bertz CT molecular complexity index is 763. The van der Waals surface area contributed by atoms with Crippen LogP contribution in [0, 0.1) is 0 Å². The molecule has 0 saturated heterocycles. The molecular weight excluding hydrogens is 380 g/mol. The van der Waals surface area contributed by atoms with Crippen molar-refractivity contribution >= 4 is 16.7 Å². The molecule has 0 atom stereocenters. The summed E-state index contributed by atoms with van der Waals surface area (Å²) in [4.78, 5) is 12.1. The number of quaternary nitrogens is 1. The number of amides is 1. The smallest absolute Gasteiger partial charge is 0.219 e. The lowest BCUT2D eigenvalue weighted by molar-refractivity contribution is -0.903. The molecule has 0 radical (unpaired) electrons. The van der Waals surface area contributed by atoms with Gasteiger partial charge >= 0.3 is 0 Å². The zero-order chi connectivity index (χ0) is 22.4. The summed E-state index contributed by atoms with van der Waals surface area (Å²) in [5.74, 6) is 0.224. The normalized spacial score (nSPS) is 11.7. The molecule has 0 unspecified atom stereocenters. The Balaban J connectivity index is 1.56. The second-order valence-electron chi connectivity index (χ2n) is 9.74. The van der Waals surface area contributed by atoms with Gasteiger partial charge in [-0.3, -0.25) is 4.79 Å². The first kappa shape index (κ1) is 25.4. The van der Waals surface area contributed by atoms with Crippen molar-refractivity contribution in [1.29, 1.82) is 0 Å². The number of benzene rings is 2. The summed E-state index contributed by atoms with van der Waals surface area (Å²) in [7, 11) is 4.57. The molecule has 3 nitrogen and oxygen atoms in total. The first-order valence-electron chi connectivity index (χ1n) is 12.6. The highest BCUT2D eigenvalue weighted by molar-refractivity contribution is 5.85. The van der Waals surface area contributed by atoms with Crippen LogP contribution in [0.2, 0.25) is 0 Å². The molecule has 1 N–H and O–H groups in total. The minimum absolute atomic E-state index is 0.224. The molecule has 0 aromatic heterocycles. The Morgan fingerprint density at radius 1 is 0.806 bits per heavy atom. The minimum atomic E-state index is 0.224. The lowest BCUT2D eigenvalue weighted by Crippen LogP contribution is -2.41. The number of fused-ring (bicyclic) bond motifs is 1. The van der Waals surface area contributed by atoms with Crippen molar-refractivity contribution in [3.05, 3.63) is 48.0 Å². The van der Waals surface area contributed by atoms with Crippen LogP contribution in [-0.4, -0.2) is 37.6 Å². The lowest BCUT2D eigenvalue weighted by atomic mass is 10.0. The number of hydrogen-bond donors (Lipinski definition) is 1. The molecule has 2 rings (SSSR count). The molecule has 0 aliphatic carbocycles. The summed E-state index contributed by atoms with van der Waals surface area (Å²) < 4.78 is 0.933. The number of hydrogen-bond acceptors (Lipinski definition) is 1. The van der Waals surface area contributed by atoms with Gasteiger partial charge in [0.2, 0.25) is 5.91 Å². The summed E-state index contributed by atoms with van der Waals surface area (Å²) in [6, 6.07) is 15.2. The molecular formula is C28H45N2O+. The van der Waals surface area contributed by atoms with Crippen LogP contribution >= 0.6 is 0 Å². The summed E-state index contributed by atoms with van der Waals surface area (Å²) in [6.45, 7) is 5.11. The number of carbonyl (C=O) groups is 1. The summed E-state index contributed by atoms with van der Waals surface area (Å²) in [5, 5.41) is 5.79. The van der Waals surface area contributed by atoms with Gasteiger partial charge in [0.15, 0.2) is 0 Å². The van der Waals surface area contributed by atoms with E-state index < -0.39 is 0 Å². The third kappa shape index (κ3) is 10.3. The molecule has 0 aliphatic heterocycles. The van der Waals surface area contributed by atoms with E-state index in [1.165, 1.54) is 67.7 Å². The quantitative estimate of drug-likeness (QED) is 0.231. The Hall–Kier alpha value is -1.87. The van der Waals surface area contributed by atoms with Crippen LogP contribution in [0.5, 0.6) is 0 Å². The topological polar surface area (TPSA) is 29.1 Å². The van der Waals surface area contributed by atoms with Crippen LogP contribution < -0.4 is 5.32 Å². The van der Waals surface area contributed by atoms with Gasteiger partial charge in [0, 0.05) is 24.9 Å². The van der Waals surface area contributed by atoms with Crippen LogP contribution in [-0.2, 0) is 11.3 Å². The van der Waals surface area contributed by atoms with E-state index in [0.717, 1.165) is 37.0 Å². The summed E-state index contributed by atoms with van der Waals surface area (Å²) in [6.07, 6.45) is 13.3. The highest BCUT2D eigenvalue weighted by atomic mass is 16.1. The van der Waals surface area contributed by atoms with E-state index in [-0.39, 0.29) is 5.91 Å². The van der Waals surface area contributed by atoms with E-state index >= 15 is 0 Å². The molecule has 0 heterocycles. The predicted molar refractivity (Wildman–Crippen MR) is 134 cm³/mol. The molecule has 0 bridgehead atoms. The van der Waals surface area contributed by atoms with Crippen molar-refractivity contribution in [2.75, 3.05) is 27.2 Å². The maximum absolute atomic E-state index is 12.1. The van der Waals surface area contributed by atoms with E-state index in [0.29, 0.717) is 6.42 Å². The number of unbranched alkanes of at least 4 members (excludes halogenated alkanes) is 8. The molecule has 0 fully saturated rings. The fourth-order valence-corrected chi connectivity index (χ4v) is 4.39. The van der Waals surface area contributed by atoms with Crippen LogP contribution in [0.25, 0.3) is 10.8 Å². The maximum Gasteiger partial charge on any atom is 0.219 e. The van der Waals surface area contributed by atoms with Gasteiger partial charge in [-0.05, 0) is 17.2 Å². The largest absolute Gasteiger partial charge is 0.356 e. The lowest BCUT2D eigenvalue weighted by Gasteiger charge is -2.30. The van der Waals surface area contributed by atoms with Crippen molar-refractivity contribution < 1.29 is 9.28 Å². The number of carbonyl (C=O) groups excluding carboxylic acids is 1. The van der Waals surface area contributed by atoms with Gasteiger partial charge in [-0.1, -0.05) is 101 Å². The van der Waals surface area contributed by atoms with Crippen molar-refractivity contribution in [2.45, 2.75) is 84.1 Å². The first-order valence-corrected chi connectivity index (χ1v) is 12.6. The van der Waals surface area contributed by atoms with E-state index in [9.17, 15) is 4.79 Å². The third-order valence-corrected chi connectivity index (χ3v) is 6.25. The van der Waals surface area contributed by atoms with Crippen LogP contribution in [0.4, 0.5) is 0 Å². The number of nitrogens with zero attached hydrogens (tertiary/aromatic N) is 1. The molecule has 172 valence electrons. The maximum atomic E-state index is 12.1. The average molecular weight is 426 g/mol. The zero-order valence-electron chi connectivity index (χ0n) is 20.3. The first-order chi connectivity index (χ1) is 15.0.